The van der Waals surface area contributed by atoms with E-state index in [-0.39, 0.29) is 16.4 Å². The van der Waals surface area contributed by atoms with Crippen LogP contribution in [0.3, 0.4) is 0 Å². The molecule has 1 aromatic heterocycles. The Bertz CT molecular complexity index is 634. The number of esters is 2. The van der Waals surface area contributed by atoms with E-state index in [0.29, 0.717) is 5.56 Å². The van der Waals surface area contributed by atoms with E-state index in [9.17, 15) is 18.0 Å². The average molecular weight is 335 g/mol. The highest BCUT2D eigenvalue weighted by Gasteiger charge is 2.30. The second kappa shape index (κ2) is 7.01. The van der Waals surface area contributed by atoms with Crippen LogP contribution < -0.4 is 4.72 Å². The summed E-state index contributed by atoms with van der Waals surface area (Å²) in [5.41, 5.74) is 0.406. The molecule has 0 aliphatic heterocycles. The summed E-state index contributed by atoms with van der Waals surface area (Å²) in [6.45, 7) is 4.70. The molecule has 0 amide bonds. The molecule has 0 fully saturated rings. The van der Waals surface area contributed by atoms with Gasteiger partial charge < -0.3 is 9.47 Å². The van der Waals surface area contributed by atoms with E-state index >= 15 is 0 Å². The van der Waals surface area contributed by atoms with Crippen molar-refractivity contribution in [2.45, 2.75) is 31.7 Å². The molecule has 1 N–H and O–H groups in total. The molecular weight excluding hydrogens is 318 g/mol. The van der Waals surface area contributed by atoms with Crippen LogP contribution in [0.5, 0.6) is 0 Å². The number of methoxy groups -OCH3 is 1. The first kappa shape index (κ1) is 17.6. The Balaban J connectivity index is 3.12. The number of rotatable bonds is 6. The molecule has 0 aliphatic carbocycles. The number of aryl methyl sites for hydroxylation is 1. The molecule has 7 nitrogen and oxygen atoms in total. The SMILES string of the molecule is CCOC(=O)C(C)NS(=O)(=O)c1c(C)csc1C(=O)OC. The Morgan fingerprint density at radius 2 is 2.05 bits per heavy atom. The highest BCUT2D eigenvalue weighted by atomic mass is 32.2. The summed E-state index contributed by atoms with van der Waals surface area (Å²) in [7, 11) is -2.87. The van der Waals surface area contributed by atoms with Crippen LogP contribution in [-0.4, -0.2) is 40.1 Å². The van der Waals surface area contributed by atoms with Gasteiger partial charge in [0.1, 0.15) is 15.8 Å². The summed E-state index contributed by atoms with van der Waals surface area (Å²) in [4.78, 5) is 22.9. The number of hydrogen-bond donors (Lipinski definition) is 1. The van der Waals surface area contributed by atoms with Crippen molar-refractivity contribution in [2.75, 3.05) is 13.7 Å². The minimum Gasteiger partial charge on any atom is -0.465 e. The Labute approximate surface area is 127 Å². The van der Waals surface area contributed by atoms with Gasteiger partial charge in [0.05, 0.1) is 13.7 Å². The highest BCUT2D eigenvalue weighted by molar-refractivity contribution is 7.89. The van der Waals surface area contributed by atoms with Crippen molar-refractivity contribution in [2.24, 2.45) is 0 Å². The lowest BCUT2D eigenvalue weighted by Gasteiger charge is -2.13. The van der Waals surface area contributed by atoms with E-state index in [1.807, 2.05) is 0 Å². The molecule has 0 aliphatic rings. The van der Waals surface area contributed by atoms with Gasteiger partial charge in [0.15, 0.2) is 0 Å². The fourth-order valence-corrected chi connectivity index (χ4v) is 4.51. The van der Waals surface area contributed by atoms with Crippen LogP contribution in [0.2, 0.25) is 0 Å². The van der Waals surface area contributed by atoms with Crippen LogP contribution in [0, 0.1) is 6.92 Å². The largest absolute Gasteiger partial charge is 0.465 e. The van der Waals surface area contributed by atoms with Crippen molar-refractivity contribution in [1.82, 2.24) is 4.72 Å². The predicted octanol–water partition coefficient (Wildman–Crippen LogP) is 1.07. The first-order valence-corrected chi connectivity index (χ1v) is 8.46. The average Bonchev–Trinajstić information content (AvgIpc) is 2.80. The summed E-state index contributed by atoms with van der Waals surface area (Å²) in [6.07, 6.45) is 0. The maximum Gasteiger partial charge on any atom is 0.349 e. The molecular formula is C12H17NO6S2. The van der Waals surface area contributed by atoms with E-state index < -0.39 is 28.0 Å². The number of thiophene rings is 1. The molecule has 0 spiro atoms. The first-order valence-electron chi connectivity index (χ1n) is 6.10. The molecule has 1 unspecified atom stereocenters. The summed E-state index contributed by atoms with van der Waals surface area (Å²) < 4.78 is 36.2. The van der Waals surface area contributed by atoms with Gasteiger partial charge in [-0.2, -0.15) is 4.72 Å². The first-order chi connectivity index (χ1) is 9.74. The van der Waals surface area contributed by atoms with Gasteiger partial charge in [-0.25, -0.2) is 13.2 Å². The van der Waals surface area contributed by atoms with Crippen LogP contribution in [0.1, 0.15) is 29.1 Å². The number of nitrogens with one attached hydrogen (secondary N) is 1. The second-order valence-electron chi connectivity index (χ2n) is 4.16. The van der Waals surface area contributed by atoms with Crippen molar-refractivity contribution in [3.8, 4) is 0 Å². The van der Waals surface area contributed by atoms with Crippen LogP contribution in [0.25, 0.3) is 0 Å². The maximum absolute atomic E-state index is 12.4. The van der Waals surface area contributed by atoms with Gasteiger partial charge in [-0.05, 0) is 31.7 Å². The van der Waals surface area contributed by atoms with E-state index in [0.717, 1.165) is 11.3 Å². The zero-order valence-corrected chi connectivity index (χ0v) is 13.8. The Kier molecular flexibility index (Phi) is 5.87. The molecule has 1 rings (SSSR count). The van der Waals surface area contributed by atoms with Gasteiger partial charge in [0, 0.05) is 0 Å². The van der Waals surface area contributed by atoms with Crippen molar-refractivity contribution in [1.29, 1.82) is 0 Å². The molecule has 1 aromatic rings. The lowest BCUT2D eigenvalue weighted by atomic mass is 10.3. The molecule has 118 valence electrons. The molecule has 21 heavy (non-hydrogen) atoms. The van der Waals surface area contributed by atoms with Gasteiger partial charge in [0.2, 0.25) is 10.0 Å². The van der Waals surface area contributed by atoms with Crippen molar-refractivity contribution in [3.63, 3.8) is 0 Å². The van der Waals surface area contributed by atoms with Crippen LogP contribution in [0.15, 0.2) is 10.3 Å². The monoisotopic (exact) mass is 335 g/mol. The summed E-state index contributed by atoms with van der Waals surface area (Å²) in [5.74, 6) is -1.43. The molecule has 9 heteroatoms. The fraction of sp³-hybridized carbons (Fsp3) is 0.500. The number of hydrogen-bond acceptors (Lipinski definition) is 7. The molecule has 0 saturated carbocycles. The molecule has 0 aromatic carbocycles. The van der Waals surface area contributed by atoms with Crippen molar-refractivity contribution >= 4 is 33.3 Å². The van der Waals surface area contributed by atoms with Gasteiger partial charge in [-0.15, -0.1) is 11.3 Å². The Morgan fingerprint density at radius 3 is 2.57 bits per heavy atom. The van der Waals surface area contributed by atoms with Crippen molar-refractivity contribution < 1.29 is 27.5 Å². The topological polar surface area (TPSA) is 98.8 Å². The molecule has 0 saturated heterocycles. The summed E-state index contributed by atoms with van der Waals surface area (Å²) in [6, 6.07) is -1.06. The quantitative estimate of drug-likeness (QED) is 0.781. The van der Waals surface area contributed by atoms with Gasteiger partial charge in [-0.3, -0.25) is 4.79 Å². The molecule has 0 radical (unpaired) electrons. The number of carbonyl (C=O) groups excluding carboxylic acids is 2. The smallest absolute Gasteiger partial charge is 0.349 e. The summed E-state index contributed by atoms with van der Waals surface area (Å²) >= 11 is 0.972. The summed E-state index contributed by atoms with van der Waals surface area (Å²) in [5, 5.41) is 1.54. The second-order valence-corrected chi connectivity index (χ2v) is 6.69. The van der Waals surface area contributed by atoms with Gasteiger partial charge in [0.25, 0.3) is 0 Å². The lowest BCUT2D eigenvalue weighted by molar-refractivity contribution is -0.144. The number of carbonyl (C=O) groups is 2. The minimum absolute atomic E-state index is 0.0291. The third kappa shape index (κ3) is 4.02. The Morgan fingerprint density at radius 1 is 1.43 bits per heavy atom. The number of sulfonamides is 1. The van der Waals surface area contributed by atoms with Crippen molar-refractivity contribution in [3.05, 3.63) is 15.8 Å². The predicted molar refractivity (Wildman–Crippen MR) is 76.8 cm³/mol. The van der Waals surface area contributed by atoms with E-state index in [1.54, 1.807) is 13.8 Å². The molecule has 1 atom stereocenters. The zero-order valence-electron chi connectivity index (χ0n) is 12.1. The standard InChI is InChI=1S/C12H17NO6S2/c1-5-19-11(14)8(3)13-21(16,17)10-7(2)6-20-9(10)12(15)18-4/h6,8,13H,5H2,1-4H3. The third-order valence-corrected chi connectivity index (χ3v) is 5.46. The molecule has 1 heterocycles. The van der Waals surface area contributed by atoms with Crippen LogP contribution in [-0.2, 0) is 24.3 Å². The van der Waals surface area contributed by atoms with Crippen LogP contribution >= 0.6 is 11.3 Å². The third-order valence-electron chi connectivity index (χ3n) is 2.53. The highest BCUT2D eigenvalue weighted by Crippen LogP contribution is 2.27. The maximum atomic E-state index is 12.4. The van der Waals surface area contributed by atoms with Crippen LogP contribution in [0.4, 0.5) is 0 Å². The number of ether oxygens (including phenoxy) is 2. The lowest BCUT2D eigenvalue weighted by Crippen LogP contribution is -2.40. The van der Waals surface area contributed by atoms with Gasteiger partial charge >= 0.3 is 11.9 Å². The normalized spacial score (nSPS) is 12.8. The Hall–Kier alpha value is -1.45. The molecule has 0 bridgehead atoms. The minimum atomic E-state index is -4.04. The van der Waals surface area contributed by atoms with E-state index in [2.05, 4.69) is 9.46 Å². The van der Waals surface area contributed by atoms with E-state index in [1.165, 1.54) is 19.4 Å². The fourth-order valence-electron chi connectivity index (χ4n) is 1.61. The zero-order chi connectivity index (χ0) is 16.2. The van der Waals surface area contributed by atoms with E-state index in [4.69, 9.17) is 4.74 Å². The van der Waals surface area contributed by atoms with Gasteiger partial charge in [-0.1, -0.05) is 0 Å².